The standard InChI is InChI=1S/C11H14O6.ClH/c1-2-3-8(13)17-5-6-4-7(12)10(15)11(16)9(6)14;/h2-4,7,10-12,15-16H,5H2,1H3;1H/b3-2+;. The van der Waals surface area contributed by atoms with Crippen molar-refractivity contribution >= 4 is 24.2 Å². The second kappa shape index (κ2) is 7.27. The molecule has 6 nitrogen and oxygen atoms in total. The number of carbonyl (C=O) groups is 2. The molecule has 1 aliphatic carbocycles. The molecule has 0 aromatic rings. The average Bonchev–Trinajstić information content (AvgIpc) is 2.30. The highest BCUT2D eigenvalue weighted by Gasteiger charge is 2.36. The lowest BCUT2D eigenvalue weighted by Crippen LogP contribution is -2.46. The van der Waals surface area contributed by atoms with Gasteiger partial charge in [0, 0.05) is 11.6 Å². The molecular formula is C11H15ClO6. The van der Waals surface area contributed by atoms with Crippen molar-refractivity contribution in [3.8, 4) is 0 Å². The van der Waals surface area contributed by atoms with Crippen LogP contribution in [0.2, 0.25) is 0 Å². The number of hydrogen-bond acceptors (Lipinski definition) is 6. The van der Waals surface area contributed by atoms with Gasteiger partial charge in [0.25, 0.3) is 0 Å². The normalized spacial score (nSPS) is 27.7. The lowest BCUT2D eigenvalue weighted by molar-refractivity contribution is -0.140. The summed E-state index contributed by atoms with van der Waals surface area (Å²) in [6.07, 6.45) is -0.855. The van der Waals surface area contributed by atoms with E-state index in [1.54, 1.807) is 6.92 Å². The third kappa shape index (κ3) is 3.92. The van der Waals surface area contributed by atoms with Gasteiger partial charge in [0.15, 0.2) is 5.78 Å². The summed E-state index contributed by atoms with van der Waals surface area (Å²) in [4.78, 5) is 22.5. The maximum atomic E-state index is 11.5. The average molecular weight is 279 g/mol. The molecule has 0 bridgehead atoms. The SMILES string of the molecule is C/C=C/C(=O)OCC1=CC(O)C(O)C(O)C1=O.Cl. The molecule has 1 aliphatic rings. The second-order valence-corrected chi connectivity index (χ2v) is 3.59. The summed E-state index contributed by atoms with van der Waals surface area (Å²) in [5, 5.41) is 27.8. The van der Waals surface area contributed by atoms with Gasteiger partial charge < -0.3 is 20.1 Å². The third-order valence-electron chi connectivity index (χ3n) is 2.30. The minimum atomic E-state index is -1.69. The number of allylic oxidation sites excluding steroid dienone is 1. The predicted molar refractivity (Wildman–Crippen MR) is 64.1 cm³/mol. The molecule has 102 valence electrons. The number of halogens is 1. The van der Waals surface area contributed by atoms with Crippen molar-refractivity contribution in [3.63, 3.8) is 0 Å². The Morgan fingerprint density at radius 3 is 2.61 bits per heavy atom. The van der Waals surface area contributed by atoms with Crippen molar-refractivity contribution in [2.45, 2.75) is 25.2 Å². The molecular weight excluding hydrogens is 264 g/mol. The van der Waals surface area contributed by atoms with E-state index in [9.17, 15) is 24.9 Å². The van der Waals surface area contributed by atoms with Gasteiger partial charge in [-0.25, -0.2) is 4.79 Å². The summed E-state index contributed by atoms with van der Waals surface area (Å²) < 4.78 is 4.71. The molecule has 3 N–H and O–H groups in total. The highest BCUT2D eigenvalue weighted by molar-refractivity contribution is 6.00. The largest absolute Gasteiger partial charge is 0.458 e. The van der Waals surface area contributed by atoms with Gasteiger partial charge in [0.05, 0.1) is 0 Å². The van der Waals surface area contributed by atoms with Crippen LogP contribution in [-0.4, -0.2) is 52.0 Å². The summed E-state index contributed by atoms with van der Waals surface area (Å²) in [7, 11) is 0. The van der Waals surface area contributed by atoms with Crippen molar-refractivity contribution in [2.24, 2.45) is 0 Å². The Morgan fingerprint density at radius 2 is 2.06 bits per heavy atom. The van der Waals surface area contributed by atoms with E-state index in [0.29, 0.717) is 0 Å². The molecule has 0 fully saturated rings. The number of ketones is 1. The van der Waals surface area contributed by atoms with Gasteiger partial charge in [-0.1, -0.05) is 6.08 Å². The number of rotatable bonds is 3. The fourth-order valence-electron chi connectivity index (χ4n) is 1.37. The zero-order chi connectivity index (χ0) is 13.0. The number of ether oxygens (including phenoxy) is 1. The van der Waals surface area contributed by atoms with Crippen LogP contribution in [0.3, 0.4) is 0 Å². The molecule has 0 saturated carbocycles. The van der Waals surface area contributed by atoms with Crippen LogP contribution in [0.5, 0.6) is 0 Å². The maximum Gasteiger partial charge on any atom is 0.330 e. The van der Waals surface area contributed by atoms with Crippen molar-refractivity contribution in [1.82, 2.24) is 0 Å². The Morgan fingerprint density at radius 1 is 1.44 bits per heavy atom. The van der Waals surface area contributed by atoms with Gasteiger partial charge in [-0.05, 0) is 13.0 Å². The molecule has 3 atom stereocenters. The van der Waals surface area contributed by atoms with Crippen molar-refractivity contribution in [3.05, 3.63) is 23.8 Å². The van der Waals surface area contributed by atoms with E-state index < -0.39 is 30.1 Å². The third-order valence-corrected chi connectivity index (χ3v) is 2.30. The molecule has 0 saturated heterocycles. The van der Waals surface area contributed by atoms with Gasteiger partial charge >= 0.3 is 5.97 Å². The Balaban J connectivity index is 0.00000289. The van der Waals surface area contributed by atoms with Crippen molar-refractivity contribution < 1.29 is 29.6 Å². The van der Waals surface area contributed by atoms with E-state index in [2.05, 4.69) is 0 Å². The zero-order valence-corrected chi connectivity index (χ0v) is 10.5. The highest BCUT2D eigenvalue weighted by atomic mass is 35.5. The summed E-state index contributed by atoms with van der Waals surface area (Å²) in [6.45, 7) is 1.29. The van der Waals surface area contributed by atoms with E-state index in [1.807, 2.05) is 0 Å². The molecule has 0 spiro atoms. The highest BCUT2D eigenvalue weighted by Crippen LogP contribution is 2.16. The van der Waals surface area contributed by atoms with Crippen molar-refractivity contribution in [2.75, 3.05) is 6.61 Å². The summed E-state index contributed by atoms with van der Waals surface area (Å²) in [5.41, 5.74) is -0.0341. The second-order valence-electron chi connectivity index (χ2n) is 3.59. The first-order valence-electron chi connectivity index (χ1n) is 5.06. The lowest BCUT2D eigenvalue weighted by Gasteiger charge is -2.26. The molecule has 1 rings (SSSR count). The fourth-order valence-corrected chi connectivity index (χ4v) is 1.37. The Kier molecular flexibility index (Phi) is 6.79. The Labute approximate surface area is 110 Å². The van der Waals surface area contributed by atoms with Crippen LogP contribution < -0.4 is 0 Å². The van der Waals surface area contributed by atoms with E-state index in [1.165, 1.54) is 12.2 Å². The number of aliphatic hydroxyl groups excluding tert-OH is 3. The van der Waals surface area contributed by atoms with Gasteiger partial charge in [-0.15, -0.1) is 12.4 Å². The van der Waals surface area contributed by atoms with Crippen LogP contribution in [-0.2, 0) is 14.3 Å². The van der Waals surface area contributed by atoms with E-state index in [0.717, 1.165) is 6.08 Å². The van der Waals surface area contributed by atoms with E-state index >= 15 is 0 Å². The Hall–Kier alpha value is -1.21. The number of hydrogen-bond donors (Lipinski definition) is 3. The molecule has 0 aromatic carbocycles. The molecule has 0 amide bonds. The smallest absolute Gasteiger partial charge is 0.330 e. The number of esters is 1. The zero-order valence-electron chi connectivity index (χ0n) is 9.65. The van der Waals surface area contributed by atoms with Gasteiger partial charge in [0.2, 0.25) is 0 Å². The summed E-state index contributed by atoms with van der Waals surface area (Å²) in [5.74, 6) is -1.38. The van der Waals surface area contributed by atoms with Crippen LogP contribution in [0.15, 0.2) is 23.8 Å². The maximum absolute atomic E-state index is 11.5. The molecule has 18 heavy (non-hydrogen) atoms. The van der Waals surface area contributed by atoms with Crippen LogP contribution >= 0.6 is 12.4 Å². The van der Waals surface area contributed by atoms with Crippen LogP contribution in [0.25, 0.3) is 0 Å². The summed E-state index contributed by atoms with van der Waals surface area (Å²) >= 11 is 0. The molecule has 0 heterocycles. The molecule has 0 aliphatic heterocycles. The minimum Gasteiger partial charge on any atom is -0.458 e. The molecule has 7 heteroatoms. The molecule has 0 aromatic heterocycles. The number of carbonyl (C=O) groups excluding carboxylic acids is 2. The Bertz CT molecular complexity index is 376. The predicted octanol–water partition coefficient (Wildman–Crippen LogP) is -0.881. The first-order chi connectivity index (χ1) is 7.97. The van der Waals surface area contributed by atoms with Crippen molar-refractivity contribution in [1.29, 1.82) is 0 Å². The van der Waals surface area contributed by atoms with Gasteiger partial charge in [0.1, 0.15) is 24.9 Å². The first kappa shape index (κ1) is 16.8. The topological polar surface area (TPSA) is 104 Å². The quantitative estimate of drug-likeness (QED) is 0.457. The fraction of sp³-hybridized carbons (Fsp3) is 0.455. The van der Waals surface area contributed by atoms with E-state index in [-0.39, 0.29) is 24.6 Å². The van der Waals surface area contributed by atoms with Gasteiger partial charge in [-0.3, -0.25) is 4.79 Å². The number of Topliss-reactive ketones (excluding diaryl/α,β-unsaturated/α-hetero) is 1. The monoisotopic (exact) mass is 278 g/mol. The lowest BCUT2D eigenvalue weighted by atomic mass is 9.91. The summed E-state index contributed by atoms with van der Waals surface area (Å²) in [6, 6.07) is 0. The van der Waals surface area contributed by atoms with E-state index in [4.69, 9.17) is 4.74 Å². The van der Waals surface area contributed by atoms with Crippen LogP contribution in [0.4, 0.5) is 0 Å². The first-order valence-corrected chi connectivity index (χ1v) is 5.06. The van der Waals surface area contributed by atoms with Crippen LogP contribution in [0.1, 0.15) is 6.92 Å². The minimum absolute atomic E-state index is 0. The molecule has 3 unspecified atom stereocenters. The van der Waals surface area contributed by atoms with Gasteiger partial charge in [-0.2, -0.15) is 0 Å². The van der Waals surface area contributed by atoms with Crippen LogP contribution in [0, 0.1) is 0 Å². The molecule has 0 radical (unpaired) electrons. The number of aliphatic hydroxyl groups is 3.